The Labute approximate surface area is 104 Å². The quantitative estimate of drug-likeness (QED) is 0.651. The maximum atomic E-state index is 12.1. The van der Waals surface area contributed by atoms with Crippen LogP contribution in [-0.4, -0.2) is 19.2 Å². The third-order valence-electron chi connectivity index (χ3n) is 2.41. The molecule has 0 saturated heterocycles. The maximum absolute atomic E-state index is 12.1. The second-order valence-corrected chi connectivity index (χ2v) is 3.62. The molecule has 0 heterocycles. The molecule has 0 bridgehead atoms. The van der Waals surface area contributed by atoms with E-state index >= 15 is 0 Å². The molecule has 0 atom stereocenters. The molecule has 0 amide bonds. The Bertz CT molecular complexity index is 436. The average Bonchev–Trinajstić information content (AvgIpc) is 2.29. The van der Waals surface area contributed by atoms with Crippen molar-refractivity contribution in [2.75, 3.05) is 12.3 Å². The van der Waals surface area contributed by atoms with Gasteiger partial charge in [-0.05, 0) is 25.5 Å². The monoisotopic (exact) mass is 259 g/mol. The molecular weight excluding hydrogens is 244 g/mol. The number of esters is 1. The van der Waals surface area contributed by atoms with Crippen molar-refractivity contribution in [2.24, 2.45) is 0 Å². The van der Waals surface area contributed by atoms with Crippen LogP contribution in [0.2, 0.25) is 0 Å². The van der Waals surface area contributed by atoms with Gasteiger partial charge in [-0.25, -0.2) is 0 Å². The Balaban J connectivity index is 2.90. The Morgan fingerprint density at radius 1 is 1.44 bits per heavy atom. The lowest BCUT2D eigenvalue weighted by molar-refractivity contribution is -0.142. The Morgan fingerprint density at radius 2 is 2.11 bits per heavy atom. The number of alkyl halides is 2. The third kappa shape index (κ3) is 3.58. The van der Waals surface area contributed by atoms with Gasteiger partial charge in [-0.15, -0.1) is 0 Å². The minimum absolute atomic E-state index is 0.00936. The third-order valence-corrected chi connectivity index (χ3v) is 2.41. The van der Waals surface area contributed by atoms with E-state index in [4.69, 9.17) is 10.5 Å². The largest absolute Gasteiger partial charge is 0.466 e. The van der Waals surface area contributed by atoms with Gasteiger partial charge >= 0.3 is 12.6 Å². The fraction of sp³-hybridized carbons (Fsp3) is 0.417. The van der Waals surface area contributed by atoms with Gasteiger partial charge in [-0.1, -0.05) is 6.07 Å². The van der Waals surface area contributed by atoms with Crippen molar-refractivity contribution in [1.29, 1.82) is 0 Å². The van der Waals surface area contributed by atoms with Gasteiger partial charge in [-0.3, -0.25) is 4.79 Å². The lowest BCUT2D eigenvalue weighted by atomic mass is 10.0. The first-order chi connectivity index (χ1) is 8.45. The molecule has 0 unspecified atom stereocenters. The number of nitrogen functional groups attached to an aromatic ring is 1. The second kappa shape index (κ2) is 6.18. The number of ether oxygens (including phenoxy) is 2. The van der Waals surface area contributed by atoms with Crippen LogP contribution >= 0.6 is 0 Å². The summed E-state index contributed by atoms with van der Waals surface area (Å²) in [7, 11) is 0. The summed E-state index contributed by atoms with van der Waals surface area (Å²) in [5.41, 5.74) is 6.96. The van der Waals surface area contributed by atoms with Crippen molar-refractivity contribution in [3.63, 3.8) is 0 Å². The first-order valence-electron chi connectivity index (χ1n) is 5.44. The Morgan fingerprint density at radius 3 is 2.67 bits per heavy atom. The summed E-state index contributed by atoms with van der Waals surface area (Å²) in [5.74, 6) is -0.402. The molecule has 0 radical (unpaired) electrons. The van der Waals surface area contributed by atoms with E-state index in [1.165, 1.54) is 12.1 Å². The highest BCUT2D eigenvalue weighted by Crippen LogP contribution is 2.28. The number of carbonyl (C=O) groups is 1. The van der Waals surface area contributed by atoms with Crippen molar-refractivity contribution >= 4 is 11.7 Å². The van der Waals surface area contributed by atoms with Crippen LogP contribution in [0, 0.1) is 6.92 Å². The summed E-state index contributed by atoms with van der Waals surface area (Å²) in [6.07, 6.45) is 0.00940. The normalized spacial score (nSPS) is 10.5. The lowest BCUT2D eigenvalue weighted by Crippen LogP contribution is -2.11. The van der Waals surface area contributed by atoms with Gasteiger partial charge in [0.25, 0.3) is 0 Å². The van der Waals surface area contributed by atoms with Crippen LogP contribution in [0.15, 0.2) is 12.1 Å². The van der Waals surface area contributed by atoms with E-state index in [1.54, 1.807) is 13.8 Å². The summed E-state index contributed by atoms with van der Waals surface area (Å²) in [6, 6.07) is 2.85. The fourth-order valence-electron chi connectivity index (χ4n) is 1.51. The lowest BCUT2D eigenvalue weighted by Gasteiger charge is -2.13. The van der Waals surface area contributed by atoms with Gasteiger partial charge in [0.15, 0.2) is 0 Å². The highest BCUT2D eigenvalue weighted by molar-refractivity contribution is 5.76. The predicted molar refractivity (Wildman–Crippen MR) is 62.6 cm³/mol. The van der Waals surface area contributed by atoms with Crippen LogP contribution in [0.5, 0.6) is 5.75 Å². The maximum Gasteiger partial charge on any atom is 0.387 e. The molecule has 4 nitrogen and oxygen atoms in total. The Hall–Kier alpha value is -1.85. The topological polar surface area (TPSA) is 61.5 Å². The molecule has 0 spiro atoms. The number of rotatable bonds is 5. The van der Waals surface area contributed by atoms with Gasteiger partial charge in [0, 0.05) is 11.3 Å². The minimum atomic E-state index is -2.90. The average molecular weight is 259 g/mol. The van der Waals surface area contributed by atoms with Crippen LogP contribution < -0.4 is 10.5 Å². The standard InChI is InChI=1S/C12H15F2NO3/c1-3-17-10(16)6-8-4-5-9(18-12(13)14)7(2)11(8)15/h4-5,12H,3,6,15H2,1-2H3. The van der Waals surface area contributed by atoms with E-state index in [1.807, 2.05) is 0 Å². The smallest absolute Gasteiger partial charge is 0.387 e. The molecule has 0 aliphatic heterocycles. The van der Waals surface area contributed by atoms with Gasteiger partial charge < -0.3 is 15.2 Å². The molecule has 1 aromatic carbocycles. The summed E-state index contributed by atoms with van der Waals surface area (Å²) in [6.45, 7) is 0.636. The molecule has 6 heteroatoms. The molecule has 0 aliphatic carbocycles. The first-order valence-corrected chi connectivity index (χ1v) is 5.44. The zero-order valence-corrected chi connectivity index (χ0v) is 10.2. The first kappa shape index (κ1) is 14.2. The van der Waals surface area contributed by atoms with E-state index in [2.05, 4.69) is 4.74 Å². The van der Waals surface area contributed by atoms with Crippen molar-refractivity contribution in [1.82, 2.24) is 0 Å². The van der Waals surface area contributed by atoms with E-state index in [9.17, 15) is 13.6 Å². The van der Waals surface area contributed by atoms with Crippen LogP contribution in [0.4, 0.5) is 14.5 Å². The van der Waals surface area contributed by atoms with Gasteiger partial charge in [0.2, 0.25) is 0 Å². The number of hydrogen-bond donors (Lipinski definition) is 1. The predicted octanol–water partition coefficient (Wildman–Crippen LogP) is 2.28. The molecule has 100 valence electrons. The SMILES string of the molecule is CCOC(=O)Cc1ccc(OC(F)F)c(C)c1N. The summed E-state index contributed by atoms with van der Waals surface area (Å²) >= 11 is 0. The minimum Gasteiger partial charge on any atom is -0.466 e. The molecule has 0 saturated carbocycles. The Kier molecular flexibility index (Phi) is 4.88. The highest BCUT2D eigenvalue weighted by atomic mass is 19.3. The molecule has 0 aliphatic rings. The number of hydrogen-bond acceptors (Lipinski definition) is 4. The molecule has 1 aromatic rings. The van der Waals surface area contributed by atoms with E-state index in [0.29, 0.717) is 11.1 Å². The molecule has 18 heavy (non-hydrogen) atoms. The number of carbonyl (C=O) groups excluding carboxylic acids is 1. The highest BCUT2D eigenvalue weighted by Gasteiger charge is 2.14. The summed E-state index contributed by atoms with van der Waals surface area (Å²) < 4.78 is 33.3. The van der Waals surface area contributed by atoms with E-state index in [0.717, 1.165) is 0 Å². The molecule has 2 N–H and O–H groups in total. The van der Waals surface area contributed by atoms with Crippen molar-refractivity contribution in [3.8, 4) is 5.75 Å². The van der Waals surface area contributed by atoms with Crippen LogP contribution in [0.1, 0.15) is 18.1 Å². The molecule has 0 fully saturated rings. The van der Waals surface area contributed by atoms with Gasteiger partial charge in [0.05, 0.1) is 13.0 Å². The number of halogens is 2. The zero-order chi connectivity index (χ0) is 13.7. The zero-order valence-electron chi connectivity index (χ0n) is 10.2. The van der Waals surface area contributed by atoms with Crippen LogP contribution in [0.3, 0.4) is 0 Å². The van der Waals surface area contributed by atoms with Crippen molar-refractivity contribution in [3.05, 3.63) is 23.3 Å². The van der Waals surface area contributed by atoms with Crippen molar-refractivity contribution < 1.29 is 23.0 Å². The van der Waals surface area contributed by atoms with Crippen LogP contribution in [-0.2, 0) is 16.0 Å². The fourth-order valence-corrected chi connectivity index (χ4v) is 1.51. The molecule has 0 aromatic heterocycles. The molecule has 1 rings (SSSR count). The van der Waals surface area contributed by atoms with Crippen LogP contribution in [0.25, 0.3) is 0 Å². The van der Waals surface area contributed by atoms with Gasteiger partial charge in [-0.2, -0.15) is 8.78 Å². The molecular formula is C12H15F2NO3. The number of nitrogens with two attached hydrogens (primary N) is 1. The number of benzene rings is 1. The second-order valence-electron chi connectivity index (χ2n) is 3.62. The van der Waals surface area contributed by atoms with Crippen molar-refractivity contribution in [2.45, 2.75) is 26.9 Å². The summed E-state index contributed by atoms with van der Waals surface area (Å²) in [4.78, 5) is 11.3. The van der Waals surface area contributed by atoms with E-state index < -0.39 is 12.6 Å². The summed E-state index contributed by atoms with van der Waals surface area (Å²) in [5, 5.41) is 0. The van der Waals surface area contributed by atoms with E-state index in [-0.39, 0.29) is 24.5 Å². The number of anilines is 1. The van der Waals surface area contributed by atoms with Gasteiger partial charge in [0.1, 0.15) is 5.75 Å².